The predicted molar refractivity (Wildman–Crippen MR) is 89.5 cm³/mol. The number of ether oxygens (including phenoxy) is 1. The summed E-state index contributed by atoms with van der Waals surface area (Å²) in [5.41, 5.74) is 1.80. The summed E-state index contributed by atoms with van der Waals surface area (Å²) in [7, 11) is 0. The first kappa shape index (κ1) is 17.5. The Bertz CT molecular complexity index is 702. The van der Waals surface area contributed by atoms with Crippen LogP contribution in [0, 0.1) is 5.82 Å². The summed E-state index contributed by atoms with van der Waals surface area (Å²) in [5.74, 6) is -0.692. The van der Waals surface area contributed by atoms with E-state index in [2.05, 4.69) is 10.6 Å². The zero-order valence-electron chi connectivity index (χ0n) is 13.3. The maximum absolute atomic E-state index is 13.0. The Kier molecular flexibility index (Phi) is 6.31. The van der Waals surface area contributed by atoms with E-state index in [0.29, 0.717) is 30.8 Å². The third-order valence-electron chi connectivity index (χ3n) is 3.24. The minimum absolute atomic E-state index is 0.293. The summed E-state index contributed by atoms with van der Waals surface area (Å²) in [5, 5.41) is 5.35. The van der Waals surface area contributed by atoms with Gasteiger partial charge in [0.2, 0.25) is 0 Å². The van der Waals surface area contributed by atoms with Crippen LogP contribution in [0.3, 0.4) is 0 Å². The third kappa shape index (κ3) is 5.39. The number of halogens is 1. The summed E-state index contributed by atoms with van der Waals surface area (Å²) in [6.45, 7) is 2.44. The van der Waals surface area contributed by atoms with E-state index in [9.17, 15) is 14.0 Å². The van der Waals surface area contributed by atoms with Gasteiger partial charge in [-0.3, -0.25) is 0 Å². The zero-order valence-corrected chi connectivity index (χ0v) is 13.3. The Morgan fingerprint density at radius 1 is 1.12 bits per heavy atom. The Hall–Kier alpha value is -2.89. The Morgan fingerprint density at radius 2 is 1.88 bits per heavy atom. The second-order valence-corrected chi connectivity index (χ2v) is 5.06. The van der Waals surface area contributed by atoms with Crippen LogP contribution in [0.4, 0.5) is 14.9 Å². The fourth-order valence-corrected chi connectivity index (χ4v) is 2.09. The molecule has 0 bridgehead atoms. The molecule has 0 fully saturated rings. The summed E-state index contributed by atoms with van der Waals surface area (Å²) in [4.78, 5) is 23.3. The molecular formula is C18H19FN2O3. The van der Waals surface area contributed by atoms with Crippen LogP contribution >= 0.6 is 0 Å². The number of benzene rings is 2. The van der Waals surface area contributed by atoms with E-state index in [4.69, 9.17) is 4.74 Å². The second kappa shape index (κ2) is 8.67. The SMILES string of the molecule is CCOC(=O)c1ccc(NC(=O)NCCc2cccc(F)c2)cc1. The van der Waals surface area contributed by atoms with Crippen molar-refractivity contribution < 1.29 is 18.7 Å². The topological polar surface area (TPSA) is 67.4 Å². The van der Waals surface area contributed by atoms with Crippen molar-refractivity contribution in [2.45, 2.75) is 13.3 Å². The molecular weight excluding hydrogens is 311 g/mol. The van der Waals surface area contributed by atoms with Crippen molar-refractivity contribution in [3.8, 4) is 0 Å². The minimum Gasteiger partial charge on any atom is -0.462 e. The first-order valence-corrected chi connectivity index (χ1v) is 7.65. The molecule has 0 unspecified atom stereocenters. The number of rotatable bonds is 6. The summed E-state index contributed by atoms with van der Waals surface area (Å²) in [6.07, 6.45) is 0.535. The molecule has 6 heteroatoms. The number of esters is 1. The Labute approximate surface area is 139 Å². The van der Waals surface area contributed by atoms with Crippen LogP contribution in [0.1, 0.15) is 22.8 Å². The summed E-state index contributed by atoms with van der Waals surface area (Å²) >= 11 is 0. The zero-order chi connectivity index (χ0) is 17.4. The van der Waals surface area contributed by atoms with Crippen molar-refractivity contribution in [2.24, 2.45) is 0 Å². The highest BCUT2D eigenvalue weighted by Gasteiger charge is 2.07. The molecule has 2 amide bonds. The van der Waals surface area contributed by atoms with Crippen molar-refractivity contribution in [3.05, 3.63) is 65.5 Å². The van der Waals surface area contributed by atoms with Gasteiger partial charge in [0.25, 0.3) is 0 Å². The van der Waals surface area contributed by atoms with E-state index >= 15 is 0 Å². The average molecular weight is 330 g/mol. The second-order valence-electron chi connectivity index (χ2n) is 5.06. The minimum atomic E-state index is -0.399. The van der Waals surface area contributed by atoms with Gasteiger partial charge in [-0.15, -0.1) is 0 Å². The molecule has 0 aromatic heterocycles. The lowest BCUT2D eigenvalue weighted by molar-refractivity contribution is 0.0526. The largest absolute Gasteiger partial charge is 0.462 e. The molecule has 0 saturated heterocycles. The van der Waals surface area contributed by atoms with Crippen LogP contribution in [0.15, 0.2) is 48.5 Å². The molecule has 2 rings (SSSR count). The van der Waals surface area contributed by atoms with Gasteiger partial charge >= 0.3 is 12.0 Å². The maximum Gasteiger partial charge on any atom is 0.338 e. The molecule has 0 aliphatic rings. The highest BCUT2D eigenvalue weighted by atomic mass is 19.1. The molecule has 0 saturated carbocycles. The molecule has 0 spiro atoms. The molecule has 0 atom stereocenters. The molecule has 5 nitrogen and oxygen atoms in total. The highest BCUT2D eigenvalue weighted by molar-refractivity contribution is 5.92. The van der Waals surface area contributed by atoms with Gasteiger partial charge < -0.3 is 15.4 Å². The summed E-state index contributed by atoms with van der Waals surface area (Å²) in [6, 6.07) is 12.3. The van der Waals surface area contributed by atoms with Crippen LogP contribution in [0.2, 0.25) is 0 Å². The monoisotopic (exact) mass is 330 g/mol. The van der Waals surface area contributed by atoms with E-state index in [1.807, 2.05) is 0 Å². The van der Waals surface area contributed by atoms with Gasteiger partial charge in [0.15, 0.2) is 0 Å². The average Bonchev–Trinajstić information content (AvgIpc) is 2.56. The maximum atomic E-state index is 13.0. The fourth-order valence-electron chi connectivity index (χ4n) is 2.09. The lowest BCUT2D eigenvalue weighted by Crippen LogP contribution is -2.30. The Morgan fingerprint density at radius 3 is 2.54 bits per heavy atom. The van der Waals surface area contributed by atoms with Crippen molar-refractivity contribution in [3.63, 3.8) is 0 Å². The molecule has 0 radical (unpaired) electrons. The Balaban J connectivity index is 1.78. The van der Waals surface area contributed by atoms with Crippen molar-refractivity contribution >= 4 is 17.7 Å². The van der Waals surface area contributed by atoms with Gasteiger partial charge in [0.05, 0.1) is 12.2 Å². The number of hydrogen-bond acceptors (Lipinski definition) is 3. The summed E-state index contributed by atoms with van der Waals surface area (Å²) < 4.78 is 17.9. The van der Waals surface area contributed by atoms with E-state index in [1.54, 1.807) is 43.3 Å². The van der Waals surface area contributed by atoms with Crippen molar-refractivity contribution in [1.29, 1.82) is 0 Å². The predicted octanol–water partition coefficient (Wildman–Crippen LogP) is 3.37. The fraction of sp³-hybridized carbons (Fsp3) is 0.222. The molecule has 2 aromatic carbocycles. The van der Waals surface area contributed by atoms with Crippen LogP contribution in [0.25, 0.3) is 0 Å². The van der Waals surface area contributed by atoms with Gasteiger partial charge in [-0.1, -0.05) is 12.1 Å². The quantitative estimate of drug-likeness (QED) is 0.798. The van der Waals surface area contributed by atoms with Gasteiger partial charge in [0.1, 0.15) is 5.82 Å². The number of urea groups is 1. The smallest absolute Gasteiger partial charge is 0.338 e. The number of amides is 2. The number of carbonyl (C=O) groups excluding carboxylic acids is 2. The normalized spacial score (nSPS) is 10.1. The van der Waals surface area contributed by atoms with E-state index in [-0.39, 0.29) is 11.8 Å². The first-order chi connectivity index (χ1) is 11.6. The molecule has 2 aromatic rings. The standard InChI is InChI=1S/C18H19FN2O3/c1-2-24-17(22)14-6-8-16(9-7-14)21-18(23)20-11-10-13-4-3-5-15(19)12-13/h3-9,12H,2,10-11H2,1H3,(H2,20,21,23). The van der Waals surface area contributed by atoms with Gasteiger partial charge in [-0.05, 0) is 55.3 Å². The van der Waals surface area contributed by atoms with Gasteiger partial charge in [-0.2, -0.15) is 0 Å². The van der Waals surface area contributed by atoms with Crippen LogP contribution in [0.5, 0.6) is 0 Å². The van der Waals surface area contributed by atoms with Crippen LogP contribution in [-0.4, -0.2) is 25.2 Å². The number of carbonyl (C=O) groups is 2. The molecule has 0 aliphatic carbocycles. The van der Waals surface area contributed by atoms with Crippen LogP contribution in [-0.2, 0) is 11.2 Å². The number of anilines is 1. The van der Waals surface area contributed by atoms with Gasteiger partial charge in [0, 0.05) is 12.2 Å². The van der Waals surface area contributed by atoms with E-state index in [1.165, 1.54) is 12.1 Å². The third-order valence-corrected chi connectivity index (χ3v) is 3.24. The van der Waals surface area contributed by atoms with Crippen molar-refractivity contribution in [1.82, 2.24) is 5.32 Å². The molecule has 0 heterocycles. The molecule has 126 valence electrons. The van der Waals surface area contributed by atoms with E-state index < -0.39 is 5.97 Å². The van der Waals surface area contributed by atoms with Gasteiger partial charge in [-0.25, -0.2) is 14.0 Å². The number of nitrogens with one attached hydrogen (secondary N) is 2. The molecule has 0 aliphatic heterocycles. The lowest BCUT2D eigenvalue weighted by Gasteiger charge is -2.08. The van der Waals surface area contributed by atoms with E-state index in [0.717, 1.165) is 5.56 Å². The van der Waals surface area contributed by atoms with Crippen LogP contribution < -0.4 is 10.6 Å². The highest BCUT2D eigenvalue weighted by Crippen LogP contribution is 2.10. The first-order valence-electron chi connectivity index (χ1n) is 7.65. The molecule has 24 heavy (non-hydrogen) atoms. The van der Waals surface area contributed by atoms with Crippen molar-refractivity contribution in [2.75, 3.05) is 18.5 Å². The lowest BCUT2D eigenvalue weighted by atomic mass is 10.1. The number of hydrogen-bond donors (Lipinski definition) is 2. The molecule has 2 N–H and O–H groups in total.